The van der Waals surface area contributed by atoms with Gasteiger partial charge in [-0.1, -0.05) is 23.7 Å². The zero-order valence-corrected chi connectivity index (χ0v) is 12.3. The first-order valence-corrected chi connectivity index (χ1v) is 6.91. The molecule has 112 valence electrons. The molecule has 0 aromatic heterocycles. The summed E-state index contributed by atoms with van der Waals surface area (Å²) in [6, 6.07) is 11.3. The number of methoxy groups -OCH3 is 1. The lowest BCUT2D eigenvalue weighted by atomic mass is 9.89. The van der Waals surface area contributed by atoms with Gasteiger partial charge in [0.1, 0.15) is 11.6 Å². The van der Waals surface area contributed by atoms with Crippen LogP contribution in [0, 0.1) is 5.82 Å². The molecule has 0 aliphatic heterocycles. The Morgan fingerprint density at radius 3 is 2.48 bits per heavy atom. The quantitative estimate of drug-likeness (QED) is 0.891. The van der Waals surface area contributed by atoms with Crippen LogP contribution in [0.3, 0.4) is 0 Å². The first-order chi connectivity index (χ1) is 10.1. The van der Waals surface area contributed by atoms with E-state index in [0.29, 0.717) is 10.8 Å². The predicted molar refractivity (Wildman–Crippen MR) is 81.2 cm³/mol. The number of nitrogens with two attached hydrogens (primary N) is 1. The molecule has 2 atom stereocenters. The Hall–Kier alpha value is -1.62. The van der Waals surface area contributed by atoms with Crippen LogP contribution >= 0.6 is 11.6 Å². The second kappa shape index (κ2) is 6.89. The van der Waals surface area contributed by atoms with E-state index in [1.165, 1.54) is 18.2 Å². The molecule has 2 unspecified atom stereocenters. The molecule has 2 aromatic carbocycles. The summed E-state index contributed by atoms with van der Waals surface area (Å²) in [7, 11) is 1.58. The average molecular weight is 310 g/mol. The number of hydrogen-bond acceptors (Lipinski definition) is 3. The van der Waals surface area contributed by atoms with Crippen LogP contribution in [0.5, 0.6) is 5.75 Å². The van der Waals surface area contributed by atoms with Gasteiger partial charge >= 0.3 is 0 Å². The Balaban J connectivity index is 2.33. The van der Waals surface area contributed by atoms with Gasteiger partial charge < -0.3 is 15.6 Å². The minimum absolute atomic E-state index is 0.147. The number of rotatable bonds is 5. The summed E-state index contributed by atoms with van der Waals surface area (Å²) in [5.74, 6) is -0.222. The lowest BCUT2D eigenvalue weighted by Crippen LogP contribution is -2.21. The summed E-state index contributed by atoms with van der Waals surface area (Å²) < 4.78 is 19.0. The summed E-state index contributed by atoms with van der Waals surface area (Å²) in [4.78, 5) is 0. The molecule has 0 saturated carbocycles. The molecular weight excluding hydrogens is 293 g/mol. The molecular formula is C16H17ClFNO2. The average Bonchev–Trinajstić information content (AvgIpc) is 2.51. The van der Waals surface area contributed by atoms with Gasteiger partial charge in [-0.3, -0.25) is 0 Å². The lowest BCUT2D eigenvalue weighted by Gasteiger charge is -2.23. The number of halogens is 2. The van der Waals surface area contributed by atoms with Gasteiger partial charge in [0, 0.05) is 23.0 Å². The van der Waals surface area contributed by atoms with Crippen molar-refractivity contribution >= 4 is 11.6 Å². The van der Waals surface area contributed by atoms with Crippen molar-refractivity contribution in [3.63, 3.8) is 0 Å². The van der Waals surface area contributed by atoms with Crippen LogP contribution in [0.4, 0.5) is 4.39 Å². The molecule has 3 nitrogen and oxygen atoms in total. The Morgan fingerprint density at radius 2 is 1.90 bits per heavy atom. The monoisotopic (exact) mass is 309 g/mol. The van der Waals surface area contributed by atoms with Crippen molar-refractivity contribution in [2.24, 2.45) is 5.73 Å². The number of hydrogen-bond donors (Lipinski definition) is 2. The van der Waals surface area contributed by atoms with Crippen LogP contribution in [0.15, 0.2) is 42.5 Å². The van der Waals surface area contributed by atoms with Gasteiger partial charge in [0.2, 0.25) is 0 Å². The predicted octanol–water partition coefficient (Wildman–Crippen LogP) is 3.26. The Bertz CT molecular complexity index is 604. The SMILES string of the molecule is COc1ccc(C(CN)C(O)c2cc(Cl)ccc2F)cc1. The van der Waals surface area contributed by atoms with E-state index in [9.17, 15) is 9.50 Å². The third kappa shape index (κ3) is 3.53. The topological polar surface area (TPSA) is 55.5 Å². The van der Waals surface area contributed by atoms with Crippen LogP contribution in [-0.2, 0) is 0 Å². The molecule has 21 heavy (non-hydrogen) atoms. The van der Waals surface area contributed by atoms with Crippen LogP contribution < -0.4 is 10.5 Å². The highest BCUT2D eigenvalue weighted by Gasteiger charge is 2.24. The molecule has 0 amide bonds. The molecule has 0 aliphatic carbocycles. The minimum Gasteiger partial charge on any atom is -0.497 e. The van der Waals surface area contributed by atoms with E-state index in [4.69, 9.17) is 22.1 Å². The fourth-order valence-electron chi connectivity index (χ4n) is 2.26. The number of benzene rings is 2. The van der Waals surface area contributed by atoms with Gasteiger partial charge in [0.05, 0.1) is 13.2 Å². The van der Waals surface area contributed by atoms with Crippen LogP contribution in [0.25, 0.3) is 0 Å². The molecule has 0 saturated heterocycles. The van der Waals surface area contributed by atoms with Gasteiger partial charge in [-0.15, -0.1) is 0 Å². The maximum atomic E-state index is 13.9. The van der Waals surface area contributed by atoms with Gasteiger partial charge in [-0.05, 0) is 35.9 Å². The van der Waals surface area contributed by atoms with E-state index < -0.39 is 17.8 Å². The molecule has 2 rings (SSSR count). The van der Waals surface area contributed by atoms with Crippen molar-refractivity contribution in [1.82, 2.24) is 0 Å². The van der Waals surface area contributed by atoms with Crippen molar-refractivity contribution in [1.29, 1.82) is 0 Å². The highest BCUT2D eigenvalue weighted by molar-refractivity contribution is 6.30. The van der Waals surface area contributed by atoms with Gasteiger partial charge in [-0.25, -0.2) is 4.39 Å². The zero-order valence-electron chi connectivity index (χ0n) is 11.6. The maximum Gasteiger partial charge on any atom is 0.129 e. The zero-order chi connectivity index (χ0) is 15.4. The van der Waals surface area contributed by atoms with Crippen molar-refractivity contribution < 1.29 is 14.2 Å². The molecule has 0 bridgehead atoms. The molecule has 0 spiro atoms. The largest absolute Gasteiger partial charge is 0.497 e. The lowest BCUT2D eigenvalue weighted by molar-refractivity contribution is 0.143. The first kappa shape index (κ1) is 15.8. The molecule has 5 heteroatoms. The van der Waals surface area contributed by atoms with Crippen molar-refractivity contribution in [2.75, 3.05) is 13.7 Å². The van der Waals surface area contributed by atoms with E-state index in [1.54, 1.807) is 19.2 Å². The molecule has 3 N–H and O–H groups in total. The molecule has 0 heterocycles. The summed E-state index contributed by atoms with van der Waals surface area (Å²) in [6.07, 6.45) is -1.07. The number of aliphatic hydroxyl groups excluding tert-OH is 1. The Morgan fingerprint density at radius 1 is 1.24 bits per heavy atom. The van der Waals surface area contributed by atoms with E-state index in [2.05, 4.69) is 0 Å². The summed E-state index contributed by atoms with van der Waals surface area (Å²) in [5, 5.41) is 10.8. The van der Waals surface area contributed by atoms with Crippen molar-refractivity contribution in [3.05, 3.63) is 64.4 Å². The Labute approximate surface area is 128 Å². The van der Waals surface area contributed by atoms with Crippen LogP contribution in [0.2, 0.25) is 5.02 Å². The third-order valence-electron chi connectivity index (χ3n) is 3.46. The fraction of sp³-hybridized carbons (Fsp3) is 0.250. The highest BCUT2D eigenvalue weighted by Crippen LogP contribution is 2.33. The van der Waals surface area contributed by atoms with Crippen molar-refractivity contribution in [3.8, 4) is 5.75 Å². The standard InChI is InChI=1S/C16H17ClFNO2/c1-21-12-5-2-10(3-6-12)14(9-19)16(20)13-8-11(17)4-7-15(13)18/h2-8,14,16,20H,9,19H2,1H3. The van der Waals surface area contributed by atoms with Crippen LogP contribution in [-0.4, -0.2) is 18.8 Å². The summed E-state index contributed by atoms with van der Waals surface area (Å²) in [5.41, 5.74) is 6.71. The van der Waals surface area contributed by atoms with E-state index >= 15 is 0 Å². The summed E-state index contributed by atoms with van der Waals surface area (Å²) in [6.45, 7) is 0.180. The molecule has 0 aliphatic rings. The smallest absolute Gasteiger partial charge is 0.129 e. The van der Waals surface area contributed by atoms with Crippen molar-refractivity contribution in [2.45, 2.75) is 12.0 Å². The van der Waals surface area contributed by atoms with Gasteiger partial charge in [-0.2, -0.15) is 0 Å². The van der Waals surface area contributed by atoms with E-state index in [0.717, 1.165) is 5.56 Å². The minimum atomic E-state index is -1.07. The first-order valence-electron chi connectivity index (χ1n) is 6.54. The van der Waals surface area contributed by atoms with E-state index in [-0.39, 0.29) is 12.1 Å². The number of ether oxygens (including phenoxy) is 1. The second-order valence-corrected chi connectivity index (χ2v) is 5.16. The molecule has 2 aromatic rings. The summed E-state index contributed by atoms with van der Waals surface area (Å²) >= 11 is 5.87. The maximum absolute atomic E-state index is 13.9. The third-order valence-corrected chi connectivity index (χ3v) is 3.69. The van der Waals surface area contributed by atoms with Gasteiger partial charge in [0.15, 0.2) is 0 Å². The second-order valence-electron chi connectivity index (χ2n) is 4.73. The molecule has 0 fully saturated rings. The van der Waals surface area contributed by atoms with Crippen LogP contribution in [0.1, 0.15) is 23.1 Å². The fourth-order valence-corrected chi connectivity index (χ4v) is 2.44. The normalized spacial score (nSPS) is 13.8. The number of aliphatic hydroxyl groups is 1. The highest BCUT2D eigenvalue weighted by atomic mass is 35.5. The van der Waals surface area contributed by atoms with Gasteiger partial charge in [0.25, 0.3) is 0 Å². The molecule has 0 radical (unpaired) electrons. The van der Waals surface area contributed by atoms with E-state index in [1.807, 2.05) is 12.1 Å². The Kier molecular flexibility index (Phi) is 5.17.